The number of carbonyl (C=O) groups excluding carboxylic acids is 1. The largest absolute Gasteiger partial charge is 0.446 e. The molecule has 13 heavy (non-hydrogen) atoms. The van der Waals surface area contributed by atoms with Gasteiger partial charge < -0.3 is 4.74 Å². The Labute approximate surface area is 82.0 Å². The van der Waals surface area contributed by atoms with Crippen LogP contribution in [0, 0.1) is 5.92 Å². The molecule has 0 saturated heterocycles. The minimum absolute atomic E-state index is 0.115. The summed E-state index contributed by atoms with van der Waals surface area (Å²) in [5.41, 5.74) is 0. The molecule has 5 nitrogen and oxygen atoms in total. The molecule has 0 aliphatic rings. The second-order valence-corrected chi connectivity index (χ2v) is 5.19. The normalized spacial score (nSPS) is 13.9. The Morgan fingerprint density at radius 2 is 1.85 bits per heavy atom. The molecule has 0 aromatic heterocycles. The smallest absolute Gasteiger partial charge is 0.422 e. The molecule has 0 aliphatic heterocycles. The molecule has 0 saturated carbocycles. The molecule has 0 aliphatic carbocycles. The summed E-state index contributed by atoms with van der Waals surface area (Å²) < 4.78 is 26.8. The monoisotopic (exact) mass is 229 g/mol. The fourth-order valence-electron chi connectivity index (χ4n) is 0.429. The zero-order valence-electron chi connectivity index (χ0n) is 7.57. The molecule has 0 aromatic rings. The summed E-state index contributed by atoms with van der Waals surface area (Å²) in [6.07, 6.45) is -1.42. The number of hydrogen-bond acceptors (Lipinski definition) is 4. The maximum atomic E-state index is 10.8. The Bertz CT molecular complexity index is 274. The lowest BCUT2D eigenvalue weighted by Crippen LogP contribution is -2.31. The van der Waals surface area contributed by atoms with Crippen molar-refractivity contribution in [3.63, 3.8) is 0 Å². The van der Waals surface area contributed by atoms with E-state index < -0.39 is 15.3 Å². The number of amides is 1. The van der Waals surface area contributed by atoms with Gasteiger partial charge in [0.05, 0.1) is 0 Å². The zero-order valence-corrected chi connectivity index (χ0v) is 9.15. The fraction of sp³-hybridized carbons (Fsp3) is 0.833. The first-order valence-corrected chi connectivity index (χ1v) is 5.96. The highest BCUT2D eigenvalue weighted by Crippen LogP contribution is 2.05. The highest BCUT2D eigenvalue weighted by atomic mass is 35.7. The first-order chi connectivity index (χ1) is 5.72. The lowest BCUT2D eigenvalue weighted by molar-refractivity contribution is 0.0870. The first kappa shape index (κ1) is 12.5. The van der Waals surface area contributed by atoms with Crippen LogP contribution in [0.3, 0.4) is 0 Å². The standard InChI is InChI=1S/C6H12ClNO4S/c1-4(2)5(3)12-6(9)8-13(7,10)11/h4-5H,1-3H3,(H,8,9). The molecule has 1 amide bonds. The van der Waals surface area contributed by atoms with Gasteiger partial charge in [-0.25, -0.2) is 9.52 Å². The predicted molar refractivity (Wildman–Crippen MR) is 48.7 cm³/mol. The molecule has 0 aromatic carbocycles. The highest BCUT2D eigenvalue weighted by molar-refractivity contribution is 8.12. The predicted octanol–water partition coefficient (Wildman–Crippen LogP) is 1.24. The second-order valence-electron chi connectivity index (χ2n) is 2.89. The van der Waals surface area contributed by atoms with E-state index in [-0.39, 0.29) is 12.0 Å². The molecule has 7 heteroatoms. The van der Waals surface area contributed by atoms with E-state index in [2.05, 4.69) is 4.74 Å². The molecule has 1 unspecified atom stereocenters. The molecule has 0 rings (SSSR count). The third-order valence-electron chi connectivity index (χ3n) is 1.44. The van der Waals surface area contributed by atoms with E-state index in [0.29, 0.717) is 0 Å². The van der Waals surface area contributed by atoms with E-state index in [0.717, 1.165) is 0 Å². The van der Waals surface area contributed by atoms with Crippen LogP contribution in [-0.2, 0) is 14.0 Å². The number of hydrogen-bond donors (Lipinski definition) is 1. The molecule has 1 N–H and O–H groups in total. The number of ether oxygens (including phenoxy) is 1. The van der Waals surface area contributed by atoms with Gasteiger partial charge in [0.15, 0.2) is 0 Å². The summed E-state index contributed by atoms with van der Waals surface area (Å²) in [7, 11) is 0.704. The maximum Gasteiger partial charge on any atom is 0.422 e. The van der Waals surface area contributed by atoms with Crippen molar-refractivity contribution < 1.29 is 17.9 Å². The van der Waals surface area contributed by atoms with Crippen LogP contribution in [0.15, 0.2) is 0 Å². The van der Waals surface area contributed by atoms with Crippen LogP contribution < -0.4 is 4.72 Å². The molecule has 0 heterocycles. The maximum absolute atomic E-state index is 10.8. The number of rotatable bonds is 3. The SMILES string of the molecule is CC(C)C(C)OC(=O)NS(=O)(=O)Cl. The van der Waals surface area contributed by atoms with Crippen molar-refractivity contribution in [2.75, 3.05) is 0 Å². The Morgan fingerprint density at radius 1 is 1.38 bits per heavy atom. The van der Waals surface area contributed by atoms with Gasteiger partial charge in [-0.05, 0) is 12.8 Å². The number of halogens is 1. The van der Waals surface area contributed by atoms with Gasteiger partial charge in [-0.1, -0.05) is 13.8 Å². The summed E-state index contributed by atoms with van der Waals surface area (Å²) in [6.45, 7) is 5.34. The minimum Gasteiger partial charge on any atom is -0.446 e. The van der Waals surface area contributed by atoms with Crippen LogP contribution in [0.2, 0.25) is 0 Å². The Hall–Kier alpha value is -0.490. The van der Waals surface area contributed by atoms with Gasteiger partial charge in [0.2, 0.25) is 0 Å². The lowest BCUT2D eigenvalue weighted by Gasteiger charge is -2.15. The molecule has 0 spiro atoms. The lowest BCUT2D eigenvalue weighted by atomic mass is 10.1. The van der Waals surface area contributed by atoms with E-state index in [1.54, 1.807) is 6.92 Å². The molecule has 1 atom stereocenters. The van der Waals surface area contributed by atoms with E-state index in [1.165, 1.54) is 4.72 Å². The quantitative estimate of drug-likeness (QED) is 0.739. The third kappa shape index (κ3) is 6.65. The Kier molecular flexibility index (Phi) is 4.49. The zero-order chi connectivity index (χ0) is 10.6. The van der Waals surface area contributed by atoms with Crippen molar-refractivity contribution in [2.24, 2.45) is 5.92 Å². The van der Waals surface area contributed by atoms with Crippen molar-refractivity contribution in [1.82, 2.24) is 4.72 Å². The van der Waals surface area contributed by atoms with Gasteiger partial charge >= 0.3 is 15.3 Å². The topological polar surface area (TPSA) is 72.5 Å². The van der Waals surface area contributed by atoms with Crippen LogP contribution in [0.25, 0.3) is 0 Å². The average molecular weight is 230 g/mol. The van der Waals surface area contributed by atoms with E-state index in [1.807, 2.05) is 13.8 Å². The van der Waals surface area contributed by atoms with Crippen molar-refractivity contribution >= 4 is 26.0 Å². The van der Waals surface area contributed by atoms with E-state index >= 15 is 0 Å². The van der Waals surface area contributed by atoms with Crippen molar-refractivity contribution in [1.29, 1.82) is 0 Å². The summed E-state index contributed by atoms with van der Waals surface area (Å²) in [6, 6.07) is 0. The molecule has 0 fully saturated rings. The van der Waals surface area contributed by atoms with Crippen molar-refractivity contribution in [3.05, 3.63) is 0 Å². The molecule has 0 bridgehead atoms. The average Bonchev–Trinajstić information content (AvgIpc) is 1.81. The Balaban J connectivity index is 4.03. The van der Waals surface area contributed by atoms with Gasteiger partial charge in [0.25, 0.3) is 0 Å². The van der Waals surface area contributed by atoms with Crippen LogP contribution in [0.5, 0.6) is 0 Å². The van der Waals surface area contributed by atoms with Crippen molar-refractivity contribution in [3.8, 4) is 0 Å². The third-order valence-corrected chi connectivity index (χ3v) is 2.08. The molecular weight excluding hydrogens is 218 g/mol. The molecular formula is C6H12ClNO4S. The summed E-state index contributed by atoms with van der Waals surface area (Å²) in [5, 5.41) is 0. The van der Waals surface area contributed by atoms with Gasteiger partial charge in [0, 0.05) is 10.7 Å². The van der Waals surface area contributed by atoms with Crippen LogP contribution in [0.4, 0.5) is 4.79 Å². The fourth-order valence-corrected chi connectivity index (χ4v) is 0.865. The van der Waals surface area contributed by atoms with Crippen LogP contribution in [0.1, 0.15) is 20.8 Å². The second kappa shape index (κ2) is 4.66. The minimum atomic E-state index is -4.05. The Morgan fingerprint density at radius 3 is 2.15 bits per heavy atom. The van der Waals surface area contributed by atoms with E-state index in [9.17, 15) is 13.2 Å². The molecule has 0 radical (unpaired) electrons. The summed E-state index contributed by atoms with van der Waals surface area (Å²) in [5.74, 6) is 0.115. The highest BCUT2D eigenvalue weighted by Gasteiger charge is 2.16. The van der Waals surface area contributed by atoms with Gasteiger partial charge in [0.1, 0.15) is 6.10 Å². The molecule has 78 valence electrons. The van der Waals surface area contributed by atoms with E-state index in [4.69, 9.17) is 10.7 Å². The number of carbonyl (C=O) groups is 1. The summed E-state index contributed by atoms with van der Waals surface area (Å²) >= 11 is 0. The van der Waals surface area contributed by atoms with Crippen LogP contribution in [-0.4, -0.2) is 20.6 Å². The first-order valence-electron chi connectivity index (χ1n) is 3.65. The van der Waals surface area contributed by atoms with Crippen molar-refractivity contribution in [2.45, 2.75) is 26.9 Å². The van der Waals surface area contributed by atoms with Crippen LogP contribution >= 0.6 is 10.7 Å². The van der Waals surface area contributed by atoms with Gasteiger partial charge in [-0.3, -0.25) is 0 Å². The van der Waals surface area contributed by atoms with Gasteiger partial charge in [-0.2, -0.15) is 8.42 Å². The van der Waals surface area contributed by atoms with Gasteiger partial charge in [-0.15, -0.1) is 0 Å². The summed E-state index contributed by atoms with van der Waals surface area (Å²) in [4.78, 5) is 10.8. The number of nitrogens with one attached hydrogen (secondary N) is 1.